The Hall–Kier alpha value is -0.910. The number of rotatable bonds is 3. The molecule has 1 unspecified atom stereocenters. The van der Waals surface area contributed by atoms with Crippen LogP contribution in [0.2, 0.25) is 0 Å². The van der Waals surface area contributed by atoms with Gasteiger partial charge in [0, 0.05) is 37.6 Å². The van der Waals surface area contributed by atoms with Crippen LogP contribution in [0.4, 0.5) is 0 Å². The van der Waals surface area contributed by atoms with E-state index in [4.69, 9.17) is 0 Å². The molecule has 1 aliphatic heterocycles. The molecule has 1 aromatic carbocycles. The van der Waals surface area contributed by atoms with E-state index in [1.54, 1.807) is 6.92 Å². The largest absolute Gasteiger partial charge is 0.337 e. The van der Waals surface area contributed by atoms with Crippen LogP contribution in [0.15, 0.2) is 28.7 Å². The van der Waals surface area contributed by atoms with Crippen molar-refractivity contribution in [2.45, 2.75) is 26.9 Å². The molecule has 1 saturated heterocycles. The number of amides is 1. The highest BCUT2D eigenvalue weighted by molar-refractivity contribution is 9.10. The summed E-state index contributed by atoms with van der Waals surface area (Å²) in [5, 5.41) is 3.06. The molecule has 21 heavy (non-hydrogen) atoms. The fourth-order valence-electron chi connectivity index (χ4n) is 2.33. The number of hydrogen-bond acceptors (Lipinski definition) is 3. The average Bonchev–Trinajstić information content (AvgIpc) is 2.48. The van der Waals surface area contributed by atoms with E-state index in [0.29, 0.717) is 0 Å². The summed E-state index contributed by atoms with van der Waals surface area (Å²) in [5.74, 6) is 0.00361. The number of carbonyl (C=O) groups is 1. The minimum Gasteiger partial charge on any atom is -0.337 e. The monoisotopic (exact) mass is 355 g/mol. The first-order chi connectivity index (χ1) is 10.1. The second kappa shape index (κ2) is 9.18. The molecule has 1 aromatic rings. The van der Waals surface area contributed by atoms with E-state index < -0.39 is 0 Å². The zero-order chi connectivity index (χ0) is 15.8. The van der Waals surface area contributed by atoms with Gasteiger partial charge in [0.25, 0.3) is 0 Å². The van der Waals surface area contributed by atoms with Gasteiger partial charge in [0.2, 0.25) is 5.91 Å². The smallest absolute Gasteiger partial charge is 0.218 e. The molecule has 0 aliphatic carbocycles. The zero-order valence-electron chi connectivity index (χ0n) is 13.4. The molecule has 5 heteroatoms. The van der Waals surface area contributed by atoms with E-state index in [1.807, 2.05) is 26.0 Å². The van der Waals surface area contributed by atoms with Crippen LogP contribution in [0.25, 0.3) is 0 Å². The molecule has 2 rings (SSSR count). The molecule has 1 fully saturated rings. The molecule has 1 N–H and O–H groups in total. The third-order valence-corrected chi connectivity index (χ3v) is 3.90. The standard InChI is InChI=1S/C14H20BrN3O.C2H6/c1-11(19)16-14(12-4-3-5-13(15)10-12)18-8-6-17(2)7-9-18;1-2/h3-5,10,14H,6-9H2,1-2H3,(H,16,19);1-2H3. The first kappa shape index (κ1) is 18.1. The predicted molar refractivity (Wildman–Crippen MR) is 91.1 cm³/mol. The van der Waals surface area contributed by atoms with Gasteiger partial charge in [0.05, 0.1) is 0 Å². The van der Waals surface area contributed by atoms with Crippen LogP contribution in [0.1, 0.15) is 32.5 Å². The van der Waals surface area contributed by atoms with E-state index in [0.717, 1.165) is 36.2 Å². The summed E-state index contributed by atoms with van der Waals surface area (Å²) in [4.78, 5) is 16.1. The summed E-state index contributed by atoms with van der Waals surface area (Å²) >= 11 is 3.49. The summed E-state index contributed by atoms with van der Waals surface area (Å²) < 4.78 is 1.04. The van der Waals surface area contributed by atoms with E-state index in [2.05, 4.69) is 50.2 Å². The summed E-state index contributed by atoms with van der Waals surface area (Å²) in [5.41, 5.74) is 1.12. The van der Waals surface area contributed by atoms with Gasteiger partial charge in [-0.05, 0) is 24.7 Å². The van der Waals surface area contributed by atoms with Gasteiger partial charge in [-0.2, -0.15) is 0 Å². The SMILES string of the molecule is CC.CC(=O)NC(c1cccc(Br)c1)N1CCN(C)CC1. The minimum atomic E-state index is -0.0382. The Bertz CT molecular complexity index is 445. The van der Waals surface area contributed by atoms with Crippen molar-refractivity contribution >= 4 is 21.8 Å². The molecular weight excluding hydrogens is 330 g/mol. The highest BCUT2D eigenvalue weighted by Crippen LogP contribution is 2.22. The Labute approximate surface area is 136 Å². The maximum atomic E-state index is 11.5. The van der Waals surface area contributed by atoms with Crippen LogP contribution >= 0.6 is 15.9 Å². The van der Waals surface area contributed by atoms with Crippen LogP contribution in [0, 0.1) is 0 Å². The highest BCUT2D eigenvalue weighted by atomic mass is 79.9. The molecule has 4 nitrogen and oxygen atoms in total. The molecular formula is C16H26BrN3O. The summed E-state index contributed by atoms with van der Waals surface area (Å²) in [6.45, 7) is 9.57. The van der Waals surface area contributed by atoms with E-state index in [9.17, 15) is 4.79 Å². The predicted octanol–water partition coefficient (Wildman–Crippen LogP) is 2.86. The maximum Gasteiger partial charge on any atom is 0.218 e. The molecule has 1 amide bonds. The lowest BCUT2D eigenvalue weighted by atomic mass is 10.1. The third kappa shape index (κ3) is 5.77. The lowest BCUT2D eigenvalue weighted by Gasteiger charge is -2.38. The second-order valence-corrected chi connectivity index (χ2v) is 5.91. The molecule has 0 aromatic heterocycles. The Balaban J connectivity index is 0.00000106. The van der Waals surface area contributed by atoms with Crippen LogP contribution in [0.3, 0.4) is 0 Å². The quantitative estimate of drug-likeness (QED) is 0.905. The van der Waals surface area contributed by atoms with Crippen molar-refractivity contribution in [3.05, 3.63) is 34.3 Å². The van der Waals surface area contributed by atoms with Crippen molar-refractivity contribution in [2.24, 2.45) is 0 Å². The fraction of sp³-hybridized carbons (Fsp3) is 0.562. The van der Waals surface area contributed by atoms with Gasteiger partial charge in [-0.25, -0.2) is 0 Å². The van der Waals surface area contributed by atoms with Crippen LogP contribution < -0.4 is 5.32 Å². The zero-order valence-corrected chi connectivity index (χ0v) is 15.0. The number of piperazine rings is 1. The molecule has 0 bridgehead atoms. The number of benzene rings is 1. The van der Waals surface area contributed by atoms with Gasteiger partial charge < -0.3 is 10.2 Å². The van der Waals surface area contributed by atoms with Gasteiger partial charge in [0.15, 0.2) is 0 Å². The fourth-order valence-corrected chi connectivity index (χ4v) is 2.75. The molecule has 1 heterocycles. The molecule has 1 aliphatic rings. The topological polar surface area (TPSA) is 35.6 Å². The Morgan fingerprint density at radius 2 is 1.86 bits per heavy atom. The van der Waals surface area contributed by atoms with Crippen molar-refractivity contribution in [1.82, 2.24) is 15.1 Å². The Kier molecular flexibility index (Phi) is 7.93. The summed E-state index contributed by atoms with van der Waals surface area (Å²) in [6.07, 6.45) is -0.0382. The number of nitrogens with one attached hydrogen (secondary N) is 1. The van der Waals surface area contributed by atoms with Crippen LogP contribution in [0.5, 0.6) is 0 Å². The molecule has 1 atom stereocenters. The average molecular weight is 356 g/mol. The Morgan fingerprint density at radius 1 is 1.24 bits per heavy atom. The van der Waals surface area contributed by atoms with E-state index in [1.165, 1.54) is 0 Å². The van der Waals surface area contributed by atoms with Gasteiger partial charge in [-0.1, -0.05) is 41.9 Å². The number of likely N-dealkylation sites (N-methyl/N-ethyl adjacent to an activating group) is 1. The van der Waals surface area contributed by atoms with Gasteiger partial charge in [0.1, 0.15) is 6.17 Å². The molecule has 0 saturated carbocycles. The molecule has 0 radical (unpaired) electrons. The second-order valence-electron chi connectivity index (χ2n) is 5.00. The summed E-state index contributed by atoms with van der Waals surface area (Å²) in [6, 6.07) is 8.13. The molecule has 0 spiro atoms. The van der Waals surface area contributed by atoms with E-state index in [-0.39, 0.29) is 12.1 Å². The van der Waals surface area contributed by atoms with Crippen molar-refractivity contribution in [1.29, 1.82) is 0 Å². The van der Waals surface area contributed by atoms with Crippen LogP contribution in [-0.4, -0.2) is 48.9 Å². The first-order valence-electron chi connectivity index (χ1n) is 7.51. The number of carbonyl (C=O) groups excluding carboxylic acids is 1. The molecule has 118 valence electrons. The lowest BCUT2D eigenvalue weighted by molar-refractivity contribution is -0.121. The maximum absolute atomic E-state index is 11.5. The van der Waals surface area contributed by atoms with Gasteiger partial charge >= 0.3 is 0 Å². The normalized spacial score (nSPS) is 17.6. The number of hydrogen-bond donors (Lipinski definition) is 1. The van der Waals surface area contributed by atoms with Crippen molar-refractivity contribution < 1.29 is 4.79 Å². The van der Waals surface area contributed by atoms with Crippen LogP contribution in [-0.2, 0) is 4.79 Å². The van der Waals surface area contributed by atoms with E-state index >= 15 is 0 Å². The van der Waals surface area contributed by atoms with Gasteiger partial charge in [-0.3, -0.25) is 9.69 Å². The van der Waals surface area contributed by atoms with Crippen molar-refractivity contribution in [3.63, 3.8) is 0 Å². The minimum absolute atomic E-state index is 0.00361. The van der Waals surface area contributed by atoms with Crippen molar-refractivity contribution in [2.75, 3.05) is 33.2 Å². The number of nitrogens with zero attached hydrogens (tertiary/aromatic N) is 2. The van der Waals surface area contributed by atoms with Gasteiger partial charge in [-0.15, -0.1) is 0 Å². The van der Waals surface area contributed by atoms with Crippen molar-refractivity contribution in [3.8, 4) is 0 Å². The highest BCUT2D eigenvalue weighted by Gasteiger charge is 2.24. The number of halogens is 1. The lowest BCUT2D eigenvalue weighted by Crippen LogP contribution is -2.50. The summed E-state index contributed by atoms with van der Waals surface area (Å²) in [7, 11) is 2.13. The first-order valence-corrected chi connectivity index (χ1v) is 8.31. The Morgan fingerprint density at radius 3 is 2.38 bits per heavy atom. The third-order valence-electron chi connectivity index (χ3n) is 3.41.